The van der Waals surface area contributed by atoms with E-state index in [0.29, 0.717) is 6.54 Å². The highest BCUT2D eigenvalue weighted by Crippen LogP contribution is 2.28. The number of rotatable bonds is 6. The minimum absolute atomic E-state index is 0.223. The Labute approximate surface area is 159 Å². The van der Waals surface area contributed by atoms with Crippen molar-refractivity contribution in [3.05, 3.63) is 58.9 Å². The second-order valence-electron chi connectivity index (χ2n) is 5.48. The van der Waals surface area contributed by atoms with Crippen LogP contribution in [0.5, 0.6) is 0 Å². The number of aromatic nitrogens is 1. The highest BCUT2D eigenvalue weighted by Gasteiger charge is 2.25. The van der Waals surface area contributed by atoms with Crippen molar-refractivity contribution in [1.82, 2.24) is 4.98 Å². The number of nitrogens with zero attached hydrogens (tertiary/aromatic N) is 2. The molecule has 0 N–H and O–H groups in total. The zero-order valence-corrected chi connectivity index (χ0v) is 16.0. The number of thiophene rings is 1. The molecule has 0 fully saturated rings. The molecule has 3 aromatic rings. The number of likely N-dealkylation sites (N-methyl/N-ethyl adjacent to an activating group) is 1. The Morgan fingerprint density at radius 1 is 1.15 bits per heavy atom. The van der Waals surface area contributed by atoms with E-state index in [0.717, 1.165) is 15.6 Å². The summed E-state index contributed by atoms with van der Waals surface area (Å²) in [7, 11) is 0. The normalized spacial score (nSPS) is 11.8. The van der Waals surface area contributed by atoms with Crippen molar-refractivity contribution in [1.29, 1.82) is 0 Å². The van der Waals surface area contributed by atoms with Gasteiger partial charge in [-0.05, 0) is 37.4 Å². The van der Waals surface area contributed by atoms with Crippen LogP contribution in [-0.2, 0) is 9.53 Å². The molecule has 0 unspecified atom stereocenters. The SMILES string of the molecule is CCN(C(=O)[C@@H](C)OC(=O)c1csc(-c2cccs2)n1)c1ccccc1. The quantitative estimate of drug-likeness (QED) is 0.587. The van der Waals surface area contributed by atoms with Crippen LogP contribution in [0.1, 0.15) is 24.3 Å². The van der Waals surface area contributed by atoms with E-state index in [1.807, 2.05) is 54.8 Å². The van der Waals surface area contributed by atoms with E-state index in [4.69, 9.17) is 4.74 Å². The maximum Gasteiger partial charge on any atom is 0.358 e. The molecule has 0 saturated carbocycles. The van der Waals surface area contributed by atoms with Crippen molar-refractivity contribution < 1.29 is 14.3 Å². The van der Waals surface area contributed by atoms with E-state index in [2.05, 4.69) is 4.98 Å². The van der Waals surface area contributed by atoms with E-state index in [9.17, 15) is 9.59 Å². The monoisotopic (exact) mass is 386 g/mol. The fourth-order valence-corrected chi connectivity index (χ4v) is 4.05. The van der Waals surface area contributed by atoms with Crippen molar-refractivity contribution in [2.24, 2.45) is 0 Å². The molecule has 2 aromatic heterocycles. The molecular weight excluding hydrogens is 368 g/mol. The second-order valence-corrected chi connectivity index (χ2v) is 7.29. The number of esters is 1. The molecule has 5 nitrogen and oxygen atoms in total. The molecule has 26 heavy (non-hydrogen) atoms. The van der Waals surface area contributed by atoms with Gasteiger partial charge in [-0.2, -0.15) is 0 Å². The molecule has 0 aliphatic heterocycles. The maximum absolute atomic E-state index is 12.7. The Kier molecular flexibility index (Phi) is 5.80. The Morgan fingerprint density at radius 2 is 1.92 bits per heavy atom. The number of thiazole rings is 1. The van der Waals surface area contributed by atoms with Gasteiger partial charge in [-0.25, -0.2) is 9.78 Å². The first-order valence-corrected chi connectivity index (χ1v) is 9.93. The second kappa shape index (κ2) is 8.25. The van der Waals surface area contributed by atoms with Crippen molar-refractivity contribution in [2.45, 2.75) is 20.0 Å². The smallest absolute Gasteiger partial charge is 0.358 e. The lowest BCUT2D eigenvalue weighted by Gasteiger charge is -2.24. The van der Waals surface area contributed by atoms with Crippen molar-refractivity contribution in [2.75, 3.05) is 11.4 Å². The minimum atomic E-state index is -0.894. The van der Waals surface area contributed by atoms with Gasteiger partial charge in [0.05, 0.1) is 4.88 Å². The van der Waals surface area contributed by atoms with Crippen LogP contribution in [0.15, 0.2) is 53.2 Å². The zero-order valence-electron chi connectivity index (χ0n) is 14.4. The first-order chi connectivity index (χ1) is 12.6. The van der Waals surface area contributed by atoms with E-state index in [-0.39, 0.29) is 11.6 Å². The van der Waals surface area contributed by atoms with Gasteiger partial charge in [-0.3, -0.25) is 4.79 Å². The van der Waals surface area contributed by atoms with E-state index < -0.39 is 12.1 Å². The van der Waals surface area contributed by atoms with Gasteiger partial charge in [-0.15, -0.1) is 22.7 Å². The van der Waals surface area contributed by atoms with Crippen LogP contribution < -0.4 is 4.90 Å². The number of para-hydroxylation sites is 1. The summed E-state index contributed by atoms with van der Waals surface area (Å²) in [6.07, 6.45) is -0.894. The summed E-state index contributed by atoms with van der Waals surface area (Å²) in [6, 6.07) is 13.2. The lowest BCUT2D eigenvalue weighted by atomic mass is 10.2. The van der Waals surface area contributed by atoms with Gasteiger partial charge < -0.3 is 9.64 Å². The van der Waals surface area contributed by atoms with Crippen molar-refractivity contribution in [3.8, 4) is 9.88 Å². The zero-order chi connectivity index (χ0) is 18.5. The molecule has 0 spiro atoms. The van der Waals surface area contributed by atoms with Gasteiger partial charge >= 0.3 is 5.97 Å². The largest absolute Gasteiger partial charge is 0.448 e. The topological polar surface area (TPSA) is 59.5 Å². The molecule has 0 aliphatic rings. The molecular formula is C19H18N2O3S2. The lowest BCUT2D eigenvalue weighted by Crippen LogP contribution is -2.40. The van der Waals surface area contributed by atoms with E-state index in [1.165, 1.54) is 11.3 Å². The number of carbonyl (C=O) groups excluding carboxylic acids is 2. The molecule has 134 valence electrons. The number of carbonyl (C=O) groups is 2. The highest BCUT2D eigenvalue weighted by molar-refractivity contribution is 7.20. The van der Waals surface area contributed by atoms with E-state index >= 15 is 0 Å². The Hall–Kier alpha value is -2.51. The molecule has 1 amide bonds. The summed E-state index contributed by atoms with van der Waals surface area (Å²) < 4.78 is 5.35. The third-order valence-corrected chi connectivity index (χ3v) is 5.61. The summed E-state index contributed by atoms with van der Waals surface area (Å²) in [5, 5.41) is 4.38. The van der Waals surface area contributed by atoms with Gasteiger partial charge in [0.25, 0.3) is 5.91 Å². The van der Waals surface area contributed by atoms with Gasteiger partial charge in [-0.1, -0.05) is 24.3 Å². The standard InChI is InChI=1S/C19H18N2O3S2/c1-3-21(14-8-5-4-6-9-14)18(22)13(2)24-19(23)15-12-26-17(20-15)16-10-7-11-25-16/h4-13H,3H2,1-2H3/t13-/m1/s1. The summed E-state index contributed by atoms with van der Waals surface area (Å²) in [5.74, 6) is -0.852. The molecule has 3 rings (SSSR count). The van der Waals surface area contributed by atoms with Crippen LogP contribution in [-0.4, -0.2) is 29.5 Å². The predicted molar refractivity (Wildman–Crippen MR) is 105 cm³/mol. The third kappa shape index (κ3) is 4.00. The third-order valence-electron chi connectivity index (χ3n) is 3.73. The molecule has 7 heteroatoms. The number of hydrogen-bond donors (Lipinski definition) is 0. The van der Waals surface area contributed by atoms with Gasteiger partial charge in [0, 0.05) is 17.6 Å². The first kappa shape index (κ1) is 18.3. The summed E-state index contributed by atoms with van der Waals surface area (Å²) in [5.41, 5.74) is 0.998. The van der Waals surface area contributed by atoms with Crippen LogP contribution in [0, 0.1) is 0 Å². The number of ether oxygens (including phenoxy) is 1. The number of anilines is 1. The highest BCUT2D eigenvalue weighted by atomic mass is 32.1. The minimum Gasteiger partial charge on any atom is -0.448 e. The number of hydrogen-bond acceptors (Lipinski definition) is 6. The molecule has 2 heterocycles. The average molecular weight is 386 g/mol. The Morgan fingerprint density at radius 3 is 2.58 bits per heavy atom. The van der Waals surface area contributed by atoms with Crippen LogP contribution in [0.3, 0.4) is 0 Å². The predicted octanol–water partition coefficient (Wildman–Crippen LogP) is 4.47. The van der Waals surface area contributed by atoms with Crippen LogP contribution in [0.2, 0.25) is 0 Å². The van der Waals surface area contributed by atoms with Crippen molar-refractivity contribution in [3.63, 3.8) is 0 Å². The maximum atomic E-state index is 12.7. The summed E-state index contributed by atoms with van der Waals surface area (Å²) in [6.45, 7) is 3.95. The number of amides is 1. The molecule has 1 aromatic carbocycles. The Balaban J connectivity index is 1.68. The summed E-state index contributed by atoms with van der Waals surface area (Å²) in [4.78, 5) is 31.9. The van der Waals surface area contributed by atoms with Crippen LogP contribution in [0.25, 0.3) is 9.88 Å². The van der Waals surface area contributed by atoms with Crippen LogP contribution >= 0.6 is 22.7 Å². The summed E-state index contributed by atoms with van der Waals surface area (Å²) >= 11 is 2.94. The first-order valence-electron chi connectivity index (χ1n) is 8.17. The van der Waals surface area contributed by atoms with Crippen LogP contribution in [0.4, 0.5) is 5.69 Å². The van der Waals surface area contributed by atoms with E-state index in [1.54, 1.807) is 28.5 Å². The Bertz CT molecular complexity index is 875. The van der Waals surface area contributed by atoms with Gasteiger partial charge in [0.1, 0.15) is 5.01 Å². The molecule has 0 aliphatic carbocycles. The fraction of sp³-hybridized carbons (Fsp3) is 0.211. The molecule has 0 saturated heterocycles. The van der Waals surface area contributed by atoms with Gasteiger partial charge in [0.15, 0.2) is 11.8 Å². The lowest BCUT2D eigenvalue weighted by molar-refractivity contribution is -0.126. The molecule has 0 radical (unpaired) electrons. The molecule has 1 atom stereocenters. The molecule has 0 bridgehead atoms. The van der Waals surface area contributed by atoms with Crippen molar-refractivity contribution >= 4 is 40.2 Å². The fourth-order valence-electron chi connectivity index (χ4n) is 2.45. The average Bonchev–Trinajstić information content (AvgIpc) is 3.34. The number of benzene rings is 1. The van der Waals surface area contributed by atoms with Gasteiger partial charge in [0.2, 0.25) is 0 Å².